The molecule has 4 heteroatoms. The van der Waals surface area contributed by atoms with Crippen molar-refractivity contribution >= 4 is 11.5 Å². The summed E-state index contributed by atoms with van der Waals surface area (Å²) < 4.78 is 0. The zero-order chi connectivity index (χ0) is 14.5. The third-order valence-corrected chi connectivity index (χ3v) is 3.12. The summed E-state index contributed by atoms with van der Waals surface area (Å²) >= 11 is 0. The standard InChI is InChI=1S/C16H17NO3/c1-2-17(12-6-4-3-5-7-12)11-16(20)14-9-8-13(18)10-15(14)19/h3-10,18-19H,2,11H2,1H3. The van der Waals surface area contributed by atoms with Crippen LogP contribution in [0.2, 0.25) is 0 Å². The Hall–Kier alpha value is -2.49. The van der Waals surface area contributed by atoms with Crippen LogP contribution < -0.4 is 4.90 Å². The topological polar surface area (TPSA) is 60.8 Å². The SMILES string of the molecule is CCN(CC(=O)c1ccc(O)cc1O)c1ccccc1. The van der Waals surface area contributed by atoms with Crippen LogP contribution in [0.25, 0.3) is 0 Å². The quantitative estimate of drug-likeness (QED) is 0.821. The van der Waals surface area contributed by atoms with Gasteiger partial charge in [-0.15, -0.1) is 0 Å². The number of aromatic hydroxyl groups is 2. The van der Waals surface area contributed by atoms with E-state index in [0.29, 0.717) is 6.54 Å². The Morgan fingerprint density at radius 3 is 2.40 bits per heavy atom. The minimum atomic E-state index is -0.195. The first kappa shape index (κ1) is 13.9. The molecule has 0 aliphatic rings. The fourth-order valence-corrected chi connectivity index (χ4v) is 2.04. The van der Waals surface area contributed by atoms with Gasteiger partial charge in [-0.1, -0.05) is 18.2 Å². The molecule has 104 valence electrons. The molecule has 0 saturated heterocycles. The zero-order valence-electron chi connectivity index (χ0n) is 11.3. The van der Waals surface area contributed by atoms with Crippen LogP contribution in [0.1, 0.15) is 17.3 Å². The molecule has 0 bridgehead atoms. The number of rotatable bonds is 5. The number of nitrogens with zero attached hydrogens (tertiary/aromatic N) is 1. The molecule has 0 radical (unpaired) electrons. The molecule has 4 nitrogen and oxygen atoms in total. The van der Waals surface area contributed by atoms with Crippen LogP contribution in [0.5, 0.6) is 11.5 Å². The summed E-state index contributed by atoms with van der Waals surface area (Å²) in [6.07, 6.45) is 0. The van der Waals surface area contributed by atoms with E-state index in [-0.39, 0.29) is 29.4 Å². The molecule has 0 aromatic heterocycles. The molecule has 0 aliphatic heterocycles. The number of carbonyl (C=O) groups is 1. The molecule has 0 aliphatic carbocycles. The summed E-state index contributed by atoms with van der Waals surface area (Å²) in [6, 6.07) is 13.6. The number of likely N-dealkylation sites (N-methyl/N-ethyl adjacent to an activating group) is 1. The van der Waals surface area contributed by atoms with Gasteiger partial charge in [0.05, 0.1) is 12.1 Å². The molecule has 20 heavy (non-hydrogen) atoms. The van der Waals surface area contributed by atoms with Gasteiger partial charge < -0.3 is 15.1 Å². The molecule has 0 heterocycles. The smallest absolute Gasteiger partial charge is 0.185 e. The average molecular weight is 271 g/mol. The van der Waals surface area contributed by atoms with E-state index < -0.39 is 0 Å². The van der Waals surface area contributed by atoms with E-state index >= 15 is 0 Å². The number of hydrogen-bond acceptors (Lipinski definition) is 4. The van der Waals surface area contributed by atoms with E-state index in [0.717, 1.165) is 5.69 Å². The summed E-state index contributed by atoms with van der Waals surface area (Å²) in [5.41, 5.74) is 1.18. The number of para-hydroxylation sites is 1. The maximum Gasteiger partial charge on any atom is 0.185 e. The summed E-state index contributed by atoms with van der Waals surface area (Å²) in [5.74, 6) is -0.443. The second kappa shape index (κ2) is 6.10. The Labute approximate surface area is 117 Å². The van der Waals surface area contributed by atoms with Gasteiger partial charge in [0.15, 0.2) is 5.78 Å². The maximum absolute atomic E-state index is 12.2. The fraction of sp³-hybridized carbons (Fsp3) is 0.188. The van der Waals surface area contributed by atoms with Crippen molar-refractivity contribution in [2.75, 3.05) is 18.0 Å². The van der Waals surface area contributed by atoms with Gasteiger partial charge in [-0.2, -0.15) is 0 Å². The summed E-state index contributed by atoms with van der Waals surface area (Å²) in [4.78, 5) is 14.2. The van der Waals surface area contributed by atoms with Crippen LogP contribution in [0.3, 0.4) is 0 Å². The molecule has 0 unspecified atom stereocenters. The van der Waals surface area contributed by atoms with Crippen LogP contribution in [0.15, 0.2) is 48.5 Å². The largest absolute Gasteiger partial charge is 0.508 e. The van der Waals surface area contributed by atoms with Gasteiger partial charge in [0.2, 0.25) is 0 Å². The van der Waals surface area contributed by atoms with Crippen molar-refractivity contribution in [3.63, 3.8) is 0 Å². The van der Waals surface area contributed by atoms with Crippen molar-refractivity contribution < 1.29 is 15.0 Å². The lowest BCUT2D eigenvalue weighted by Gasteiger charge is -2.22. The van der Waals surface area contributed by atoms with E-state index in [1.54, 1.807) is 0 Å². The van der Waals surface area contributed by atoms with Gasteiger partial charge in [0.25, 0.3) is 0 Å². The lowest BCUT2D eigenvalue weighted by atomic mass is 10.1. The summed E-state index contributed by atoms with van der Waals surface area (Å²) in [5, 5.41) is 19.0. The Morgan fingerprint density at radius 1 is 1.10 bits per heavy atom. The molecular formula is C16H17NO3. The Bertz CT molecular complexity index is 596. The van der Waals surface area contributed by atoms with Crippen molar-refractivity contribution in [1.29, 1.82) is 0 Å². The minimum absolute atomic E-state index is 0.0607. The lowest BCUT2D eigenvalue weighted by Crippen LogP contribution is -2.29. The fourth-order valence-electron chi connectivity index (χ4n) is 2.04. The minimum Gasteiger partial charge on any atom is -0.508 e. The van der Waals surface area contributed by atoms with Crippen molar-refractivity contribution in [1.82, 2.24) is 0 Å². The van der Waals surface area contributed by atoms with Gasteiger partial charge in [-0.25, -0.2) is 0 Å². The van der Waals surface area contributed by atoms with Crippen molar-refractivity contribution in [3.8, 4) is 11.5 Å². The molecule has 0 atom stereocenters. The summed E-state index contributed by atoms with van der Waals surface area (Å²) in [7, 11) is 0. The summed E-state index contributed by atoms with van der Waals surface area (Å²) in [6.45, 7) is 2.84. The highest BCUT2D eigenvalue weighted by Crippen LogP contribution is 2.23. The molecule has 0 fully saturated rings. The molecule has 2 aromatic rings. The molecular weight excluding hydrogens is 254 g/mol. The van der Waals surface area contributed by atoms with Crippen LogP contribution in [-0.2, 0) is 0 Å². The van der Waals surface area contributed by atoms with Crippen LogP contribution in [-0.4, -0.2) is 29.1 Å². The number of phenols is 2. The Balaban J connectivity index is 2.17. The van der Waals surface area contributed by atoms with Crippen LogP contribution in [0.4, 0.5) is 5.69 Å². The third kappa shape index (κ3) is 3.09. The second-order valence-electron chi connectivity index (χ2n) is 4.47. The van der Waals surface area contributed by atoms with E-state index in [2.05, 4.69) is 0 Å². The number of benzene rings is 2. The van der Waals surface area contributed by atoms with Crippen LogP contribution in [0, 0.1) is 0 Å². The first-order valence-electron chi connectivity index (χ1n) is 6.47. The van der Waals surface area contributed by atoms with Crippen LogP contribution >= 0.6 is 0 Å². The molecule has 0 saturated carbocycles. The Kier molecular flexibility index (Phi) is 4.25. The van der Waals surface area contributed by atoms with Crippen molar-refractivity contribution in [2.45, 2.75) is 6.92 Å². The normalized spacial score (nSPS) is 10.2. The van der Waals surface area contributed by atoms with E-state index in [4.69, 9.17) is 0 Å². The molecule has 2 rings (SSSR count). The van der Waals surface area contributed by atoms with Gasteiger partial charge in [-0.05, 0) is 31.2 Å². The number of hydrogen-bond donors (Lipinski definition) is 2. The highest BCUT2D eigenvalue weighted by molar-refractivity contribution is 6.01. The Morgan fingerprint density at radius 2 is 1.80 bits per heavy atom. The lowest BCUT2D eigenvalue weighted by molar-refractivity contribution is 0.0996. The number of anilines is 1. The zero-order valence-corrected chi connectivity index (χ0v) is 11.3. The second-order valence-corrected chi connectivity index (χ2v) is 4.47. The predicted octanol–water partition coefficient (Wildman–Crippen LogP) is 2.81. The monoisotopic (exact) mass is 271 g/mol. The van der Waals surface area contributed by atoms with Crippen molar-refractivity contribution in [3.05, 3.63) is 54.1 Å². The highest BCUT2D eigenvalue weighted by atomic mass is 16.3. The van der Waals surface area contributed by atoms with E-state index in [1.807, 2.05) is 42.2 Å². The highest BCUT2D eigenvalue weighted by Gasteiger charge is 2.15. The number of ketones is 1. The molecule has 2 N–H and O–H groups in total. The molecule has 0 spiro atoms. The molecule has 0 amide bonds. The van der Waals surface area contributed by atoms with E-state index in [9.17, 15) is 15.0 Å². The number of carbonyl (C=O) groups excluding carboxylic acids is 1. The molecule has 2 aromatic carbocycles. The van der Waals surface area contributed by atoms with Gasteiger partial charge in [0, 0.05) is 18.3 Å². The van der Waals surface area contributed by atoms with Gasteiger partial charge in [0.1, 0.15) is 11.5 Å². The number of Topliss-reactive ketones (excluding diaryl/α,β-unsaturated/α-hetero) is 1. The average Bonchev–Trinajstić information content (AvgIpc) is 2.45. The third-order valence-electron chi connectivity index (χ3n) is 3.12. The van der Waals surface area contributed by atoms with Crippen molar-refractivity contribution in [2.24, 2.45) is 0 Å². The van der Waals surface area contributed by atoms with E-state index in [1.165, 1.54) is 18.2 Å². The maximum atomic E-state index is 12.2. The number of phenolic OH excluding ortho intramolecular Hbond substituents is 2. The predicted molar refractivity (Wildman–Crippen MR) is 78.4 cm³/mol. The van der Waals surface area contributed by atoms with Gasteiger partial charge in [-0.3, -0.25) is 4.79 Å². The van der Waals surface area contributed by atoms with Gasteiger partial charge >= 0.3 is 0 Å². The first-order chi connectivity index (χ1) is 9.61. The first-order valence-corrected chi connectivity index (χ1v) is 6.47.